The number of nitrogens with one attached hydrogen (secondary N) is 1. The number of likely N-dealkylation sites (N-methyl/N-ethyl adjacent to an activating group) is 1. The predicted molar refractivity (Wildman–Crippen MR) is 124 cm³/mol. The molecule has 2 aliphatic rings. The molecule has 1 N–H and O–H groups in total. The van der Waals surface area contributed by atoms with Crippen LogP contribution >= 0.6 is 11.6 Å². The minimum Gasteiger partial charge on any atom is -0.326 e. The standard InChI is InChI=1S/C23H26ClN3O4S/c1-23(2)19-13-18(9-10-20(19)26(3)22(23)29)32(30,31)27-11-5-6-15(14-27)21(28)25-17-8-4-7-16(24)12-17/h4,7-10,12-13,15H,5-6,11,14H2,1-3H3,(H,25,28). The van der Waals surface area contributed by atoms with Crippen LogP contribution in [0, 0.1) is 5.92 Å². The summed E-state index contributed by atoms with van der Waals surface area (Å²) < 4.78 is 28.2. The van der Waals surface area contributed by atoms with E-state index in [1.165, 1.54) is 10.4 Å². The summed E-state index contributed by atoms with van der Waals surface area (Å²) in [6.45, 7) is 4.05. The third kappa shape index (κ3) is 3.91. The zero-order valence-electron chi connectivity index (χ0n) is 18.3. The van der Waals surface area contributed by atoms with E-state index in [0.29, 0.717) is 35.7 Å². The molecule has 0 radical (unpaired) electrons. The number of piperidine rings is 1. The Morgan fingerprint density at radius 3 is 2.66 bits per heavy atom. The van der Waals surface area contributed by atoms with Crippen molar-refractivity contribution in [2.24, 2.45) is 5.92 Å². The van der Waals surface area contributed by atoms with E-state index < -0.39 is 21.4 Å². The van der Waals surface area contributed by atoms with E-state index >= 15 is 0 Å². The van der Waals surface area contributed by atoms with Gasteiger partial charge >= 0.3 is 0 Å². The lowest BCUT2D eigenvalue weighted by Gasteiger charge is -2.31. The average Bonchev–Trinajstić information content (AvgIpc) is 2.94. The van der Waals surface area contributed by atoms with Crippen LogP contribution in [0.4, 0.5) is 11.4 Å². The van der Waals surface area contributed by atoms with Crippen molar-refractivity contribution in [3.05, 3.63) is 53.1 Å². The summed E-state index contributed by atoms with van der Waals surface area (Å²) in [5, 5.41) is 3.34. The zero-order valence-corrected chi connectivity index (χ0v) is 19.8. The molecule has 2 aromatic carbocycles. The van der Waals surface area contributed by atoms with E-state index in [0.717, 1.165) is 5.69 Å². The van der Waals surface area contributed by atoms with Crippen molar-refractivity contribution in [2.45, 2.75) is 37.0 Å². The van der Waals surface area contributed by atoms with Gasteiger partial charge in [0.1, 0.15) is 0 Å². The number of hydrogen-bond donors (Lipinski definition) is 1. The van der Waals surface area contributed by atoms with Crippen LogP contribution in [0.15, 0.2) is 47.4 Å². The monoisotopic (exact) mass is 475 g/mol. The number of halogens is 1. The maximum Gasteiger partial charge on any atom is 0.243 e. The SMILES string of the molecule is CN1C(=O)C(C)(C)c2cc(S(=O)(=O)N3CCCC(C(=O)Nc4cccc(Cl)c4)C3)ccc21. The van der Waals surface area contributed by atoms with Crippen LogP contribution in [0.25, 0.3) is 0 Å². The lowest BCUT2D eigenvalue weighted by Crippen LogP contribution is -2.43. The minimum absolute atomic E-state index is 0.0715. The molecular weight excluding hydrogens is 450 g/mol. The highest BCUT2D eigenvalue weighted by Gasteiger charge is 2.43. The molecule has 2 aromatic rings. The lowest BCUT2D eigenvalue weighted by atomic mass is 9.86. The molecule has 2 amide bonds. The maximum absolute atomic E-state index is 13.4. The largest absolute Gasteiger partial charge is 0.326 e. The first kappa shape index (κ1) is 22.8. The molecule has 0 aliphatic carbocycles. The van der Waals surface area contributed by atoms with Gasteiger partial charge in [-0.1, -0.05) is 17.7 Å². The third-order valence-corrected chi connectivity index (χ3v) is 8.42. The topological polar surface area (TPSA) is 86.8 Å². The molecule has 1 fully saturated rings. The van der Waals surface area contributed by atoms with Gasteiger partial charge in [0.25, 0.3) is 0 Å². The molecule has 1 unspecified atom stereocenters. The van der Waals surface area contributed by atoms with Crippen LogP contribution in [0.2, 0.25) is 5.02 Å². The number of carbonyl (C=O) groups excluding carboxylic acids is 2. The molecule has 32 heavy (non-hydrogen) atoms. The molecular formula is C23H26ClN3O4S. The average molecular weight is 476 g/mol. The molecule has 0 saturated carbocycles. The van der Waals surface area contributed by atoms with Crippen molar-refractivity contribution in [3.63, 3.8) is 0 Å². The quantitative estimate of drug-likeness (QED) is 0.731. The molecule has 1 atom stereocenters. The smallest absolute Gasteiger partial charge is 0.243 e. The fourth-order valence-corrected chi connectivity index (χ4v) is 6.19. The van der Waals surface area contributed by atoms with Gasteiger partial charge in [-0.25, -0.2) is 8.42 Å². The summed E-state index contributed by atoms with van der Waals surface area (Å²) in [4.78, 5) is 27.0. The molecule has 0 spiro atoms. The second-order valence-corrected chi connectivity index (χ2v) is 11.2. The Balaban J connectivity index is 1.55. The Hall–Kier alpha value is -2.42. The van der Waals surface area contributed by atoms with Crippen molar-refractivity contribution < 1.29 is 18.0 Å². The van der Waals surface area contributed by atoms with Crippen molar-refractivity contribution in [1.82, 2.24) is 4.31 Å². The van der Waals surface area contributed by atoms with E-state index in [1.807, 2.05) is 0 Å². The van der Waals surface area contributed by atoms with Crippen molar-refractivity contribution >= 4 is 44.8 Å². The molecule has 2 heterocycles. The molecule has 1 saturated heterocycles. The second-order valence-electron chi connectivity index (χ2n) is 8.87. The van der Waals surface area contributed by atoms with Gasteiger partial charge in [0, 0.05) is 36.5 Å². The summed E-state index contributed by atoms with van der Waals surface area (Å²) >= 11 is 5.98. The number of nitrogens with zero attached hydrogens (tertiary/aromatic N) is 2. The summed E-state index contributed by atoms with van der Waals surface area (Å²) in [5.74, 6) is -0.761. The van der Waals surface area contributed by atoms with Crippen LogP contribution in [-0.2, 0) is 25.0 Å². The number of anilines is 2. The number of amides is 2. The highest BCUT2D eigenvalue weighted by Crippen LogP contribution is 2.42. The summed E-state index contributed by atoms with van der Waals surface area (Å²) in [5.41, 5.74) is 1.20. The van der Waals surface area contributed by atoms with Crippen molar-refractivity contribution in [2.75, 3.05) is 30.4 Å². The number of benzene rings is 2. The highest BCUT2D eigenvalue weighted by molar-refractivity contribution is 7.89. The van der Waals surface area contributed by atoms with Crippen molar-refractivity contribution in [1.29, 1.82) is 0 Å². The molecule has 0 aromatic heterocycles. The first-order chi connectivity index (χ1) is 15.0. The Morgan fingerprint density at radius 2 is 1.94 bits per heavy atom. The van der Waals surface area contributed by atoms with E-state index in [2.05, 4.69) is 5.32 Å². The van der Waals surface area contributed by atoms with E-state index in [-0.39, 0.29) is 23.3 Å². The predicted octanol–water partition coefficient (Wildman–Crippen LogP) is 3.63. The third-order valence-electron chi connectivity index (χ3n) is 6.33. The Morgan fingerprint density at radius 1 is 1.19 bits per heavy atom. The molecule has 7 nitrogen and oxygen atoms in total. The fourth-order valence-electron chi connectivity index (χ4n) is 4.45. The number of hydrogen-bond acceptors (Lipinski definition) is 4. The summed E-state index contributed by atoms with van der Waals surface area (Å²) in [6.07, 6.45) is 1.19. The van der Waals surface area contributed by atoms with Crippen LogP contribution < -0.4 is 10.2 Å². The number of carbonyl (C=O) groups is 2. The molecule has 0 bridgehead atoms. The Bertz CT molecular complexity index is 1200. The number of fused-ring (bicyclic) bond motifs is 1. The van der Waals surface area contributed by atoms with Crippen LogP contribution in [0.1, 0.15) is 32.3 Å². The van der Waals surface area contributed by atoms with Gasteiger partial charge in [-0.3, -0.25) is 9.59 Å². The van der Waals surface area contributed by atoms with Gasteiger partial charge in [0.15, 0.2) is 0 Å². The van der Waals surface area contributed by atoms with Gasteiger partial charge in [-0.05, 0) is 68.7 Å². The Kier molecular flexibility index (Phi) is 5.81. The normalized spacial score (nSPS) is 20.8. The van der Waals surface area contributed by atoms with Gasteiger partial charge in [-0.2, -0.15) is 4.31 Å². The summed E-state index contributed by atoms with van der Waals surface area (Å²) in [6, 6.07) is 11.7. The first-order valence-electron chi connectivity index (χ1n) is 10.5. The van der Waals surface area contributed by atoms with Gasteiger partial charge in [0.2, 0.25) is 21.8 Å². The maximum atomic E-state index is 13.4. The van der Waals surface area contributed by atoms with Crippen molar-refractivity contribution in [3.8, 4) is 0 Å². The van der Waals surface area contributed by atoms with E-state index in [4.69, 9.17) is 11.6 Å². The van der Waals surface area contributed by atoms with E-state index in [1.54, 1.807) is 62.2 Å². The minimum atomic E-state index is -3.81. The van der Waals surface area contributed by atoms with Crippen LogP contribution in [-0.4, -0.2) is 44.7 Å². The zero-order chi connectivity index (χ0) is 23.3. The summed E-state index contributed by atoms with van der Waals surface area (Å²) in [7, 11) is -2.12. The fraction of sp³-hybridized carbons (Fsp3) is 0.391. The number of rotatable bonds is 4. The molecule has 4 rings (SSSR count). The Labute approximate surface area is 193 Å². The van der Waals surface area contributed by atoms with Gasteiger partial charge in [-0.15, -0.1) is 0 Å². The highest BCUT2D eigenvalue weighted by atomic mass is 35.5. The molecule has 2 aliphatic heterocycles. The van der Waals surface area contributed by atoms with Gasteiger partial charge in [0.05, 0.1) is 16.2 Å². The second kappa shape index (κ2) is 8.17. The molecule has 9 heteroatoms. The first-order valence-corrected chi connectivity index (χ1v) is 12.3. The van der Waals surface area contributed by atoms with Crippen LogP contribution in [0.5, 0.6) is 0 Å². The lowest BCUT2D eigenvalue weighted by molar-refractivity contribution is -0.122. The number of sulfonamides is 1. The van der Waals surface area contributed by atoms with Crippen LogP contribution in [0.3, 0.4) is 0 Å². The molecule has 170 valence electrons. The van der Waals surface area contributed by atoms with E-state index in [9.17, 15) is 18.0 Å². The van der Waals surface area contributed by atoms with Gasteiger partial charge < -0.3 is 10.2 Å².